The molecule has 0 bridgehead atoms. The van der Waals surface area contributed by atoms with E-state index < -0.39 is 0 Å². The molecule has 2 N–H and O–H groups in total. The van der Waals surface area contributed by atoms with Crippen molar-refractivity contribution in [2.75, 3.05) is 33.2 Å². The summed E-state index contributed by atoms with van der Waals surface area (Å²) in [4.78, 5) is 14.1. The van der Waals surface area contributed by atoms with E-state index in [-0.39, 0.29) is 5.91 Å². The monoisotopic (exact) mass is 225 g/mol. The van der Waals surface area contributed by atoms with Gasteiger partial charge < -0.3 is 15.5 Å². The lowest BCUT2D eigenvalue weighted by Gasteiger charge is -2.30. The van der Waals surface area contributed by atoms with Crippen molar-refractivity contribution in [3.8, 4) is 0 Å². The number of hydrogen-bond acceptors (Lipinski definition) is 3. The molecule has 92 valence electrons. The summed E-state index contributed by atoms with van der Waals surface area (Å²) in [6.45, 7) is 4.26. The van der Waals surface area contributed by atoms with Gasteiger partial charge in [0.25, 0.3) is 0 Å². The number of likely N-dealkylation sites (N-methyl/N-ethyl adjacent to an activating group) is 1. The molecule has 2 aliphatic rings. The zero-order valence-corrected chi connectivity index (χ0v) is 10.2. The van der Waals surface area contributed by atoms with Crippen LogP contribution in [0.4, 0.5) is 0 Å². The average molecular weight is 225 g/mol. The fourth-order valence-corrected chi connectivity index (χ4v) is 2.72. The number of rotatable bonds is 3. The van der Waals surface area contributed by atoms with Gasteiger partial charge in [-0.05, 0) is 51.9 Å². The Bertz CT molecular complexity index is 238. The highest BCUT2D eigenvalue weighted by molar-refractivity contribution is 5.76. The first-order valence-corrected chi connectivity index (χ1v) is 6.42. The minimum atomic E-state index is 0.244. The maximum atomic E-state index is 11.8. The SMILES string of the molecule is CN1CCCC(NC(=O)CC2CCNC2)C1. The van der Waals surface area contributed by atoms with Crippen molar-refractivity contribution in [3.05, 3.63) is 0 Å². The summed E-state index contributed by atoms with van der Waals surface area (Å²) < 4.78 is 0. The second kappa shape index (κ2) is 5.64. The van der Waals surface area contributed by atoms with Crippen molar-refractivity contribution in [3.63, 3.8) is 0 Å². The lowest BCUT2D eigenvalue weighted by Crippen LogP contribution is -2.46. The standard InChI is InChI=1S/C12H23N3O/c1-15-6-2-3-11(9-15)14-12(16)7-10-4-5-13-8-10/h10-11,13H,2-9H2,1H3,(H,14,16). The van der Waals surface area contributed by atoms with Crippen LogP contribution in [0.25, 0.3) is 0 Å². The lowest BCUT2D eigenvalue weighted by molar-refractivity contribution is -0.122. The van der Waals surface area contributed by atoms with Crippen LogP contribution in [0.5, 0.6) is 0 Å². The Hall–Kier alpha value is -0.610. The van der Waals surface area contributed by atoms with E-state index in [1.54, 1.807) is 0 Å². The number of nitrogens with one attached hydrogen (secondary N) is 2. The molecule has 0 aromatic heterocycles. The van der Waals surface area contributed by atoms with Gasteiger partial charge in [-0.15, -0.1) is 0 Å². The molecule has 0 saturated carbocycles. The average Bonchev–Trinajstić information content (AvgIpc) is 2.70. The molecule has 0 aromatic rings. The minimum Gasteiger partial charge on any atom is -0.352 e. The first kappa shape index (κ1) is 11.9. The van der Waals surface area contributed by atoms with Gasteiger partial charge in [0.15, 0.2) is 0 Å². The highest BCUT2D eigenvalue weighted by Gasteiger charge is 2.22. The summed E-state index contributed by atoms with van der Waals surface area (Å²) in [6.07, 6.45) is 4.19. The Kier molecular flexibility index (Phi) is 4.18. The van der Waals surface area contributed by atoms with E-state index >= 15 is 0 Å². The number of carbonyl (C=O) groups excluding carboxylic acids is 1. The van der Waals surface area contributed by atoms with Gasteiger partial charge in [0.05, 0.1) is 0 Å². The van der Waals surface area contributed by atoms with Crippen LogP contribution in [-0.2, 0) is 4.79 Å². The van der Waals surface area contributed by atoms with E-state index in [1.807, 2.05) is 0 Å². The van der Waals surface area contributed by atoms with Crippen molar-refractivity contribution in [1.82, 2.24) is 15.5 Å². The molecule has 2 heterocycles. The quantitative estimate of drug-likeness (QED) is 0.721. The van der Waals surface area contributed by atoms with Crippen LogP contribution in [0.1, 0.15) is 25.7 Å². The van der Waals surface area contributed by atoms with Crippen molar-refractivity contribution in [2.45, 2.75) is 31.7 Å². The first-order chi connectivity index (χ1) is 7.74. The van der Waals surface area contributed by atoms with E-state index in [0.717, 1.165) is 32.5 Å². The van der Waals surface area contributed by atoms with Crippen LogP contribution >= 0.6 is 0 Å². The summed E-state index contributed by atoms with van der Waals surface area (Å²) in [7, 11) is 2.12. The number of hydrogen-bond donors (Lipinski definition) is 2. The molecule has 1 amide bonds. The number of amides is 1. The molecule has 0 aliphatic carbocycles. The zero-order valence-electron chi connectivity index (χ0n) is 10.2. The molecule has 2 unspecified atom stereocenters. The Morgan fingerprint density at radius 3 is 3.06 bits per heavy atom. The highest BCUT2D eigenvalue weighted by Crippen LogP contribution is 2.13. The normalized spacial score (nSPS) is 31.6. The molecule has 0 radical (unpaired) electrons. The van der Waals surface area contributed by atoms with Gasteiger partial charge in [-0.1, -0.05) is 0 Å². The largest absolute Gasteiger partial charge is 0.352 e. The van der Waals surface area contributed by atoms with E-state index in [4.69, 9.17) is 0 Å². The minimum absolute atomic E-state index is 0.244. The van der Waals surface area contributed by atoms with E-state index in [2.05, 4.69) is 22.6 Å². The van der Waals surface area contributed by atoms with Crippen LogP contribution in [0, 0.1) is 5.92 Å². The van der Waals surface area contributed by atoms with Gasteiger partial charge in [-0.3, -0.25) is 4.79 Å². The van der Waals surface area contributed by atoms with Gasteiger partial charge in [0, 0.05) is 19.0 Å². The molecule has 2 fully saturated rings. The van der Waals surface area contributed by atoms with Crippen LogP contribution < -0.4 is 10.6 Å². The Morgan fingerprint density at radius 2 is 2.38 bits per heavy atom. The van der Waals surface area contributed by atoms with Crippen molar-refractivity contribution in [2.24, 2.45) is 5.92 Å². The van der Waals surface area contributed by atoms with Crippen LogP contribution in [0.2, 0.25) is 0 Å². The maximum Gasteiger partial charge on any atom is 0.220 e. The topological polar surface area (TPSA) is 44.4 Å². The molecular weight excluding hydrogens is 202 g/mol. The number of piperidine rings is 1. The predicted molar refractivity (Wildman–Crippen MR) is 64.3 cm³/mol. The second-order valence-corrected chi connectivity index (χ2v) is 5.23. The summed E-state index contributed by atoms with van der Waals surface area (Å²) in [5, 5.41) is 6.47. The Morgan fingerprint density at radius 1 is 1.50 bits per heavy atom. The first-order valence-electron chi connectivity index (χ1n) is 6.42. The second-order valence-electron chi connectivity index (χ2n) is 5.23. The van der Waals surface area contributed by atoms with Crippen LogP contribution in [-0.4, -0.2) is 50.1 Å². The van der Waals surface area contributed by atoms with Gasteiger partial charge in [-0.25, -0.2) is 0 Å². The summed E-state index contributed by atoms with van der Waals surface area (Å²) in [6, 6.07) is 0.376. The third-order valence-electron chi connectivity index (χ3n) is 3.63. The fraction of sp³-hybridized carbons (Fsp3) is 0.917. The molecule has 0 spiro atoms. The molecule has 4 heteroatoms. The van der Waals surface area contributed by atoms with Gasteiger partial charge >= 0.3 is 0 Å². The van der Waals surface area contributed by atoms with Crippen molar-refractivity contribution in [1.29, 1.82) is 0 Å². The lowest BCUT2D eigenvalue weighted by atomic mass is 10.0. The van der Waals surface area contributed by atoms with Gasteiger partial charge in [0.1, 0.15) is 0 Å². The van der Waals surface area contributed by atoms with Crippen molar-refractivity contribution < 1.29 is 4.79 Å². The molecule has 0 aromatic carbocycles. The molecule has 2 aliphatic heterocycles. The predicted octanol–water partition coefficient (Wildman–Crippen LogP) is 0.196. The highest BCUT2D eigenvalue weighted by atomic mass is 16.1. The third kappa shape index (κ3) is 3.46. The zero-order chi connectivity index (χ0) is 11.4. The van der Waals surface area contributed by atoms with E-state index in [9.17, 15) is 4.79 Å². The molecule has 2 saturated heterocycles. The van der Waals surface area contributed by atoms with Crippen molar-refractivity contribution >= 4 is 5.91 Å². The van der Waals surface area contributed by atoms with Crippen LogP contribution in [0.15, 0.2) is 0 Å². The molecule has 4 nitrogen and oxygen atoms in total. The maximum absolute atomic E-state index is 11.8. The molecule has 16 heavy (non-hydrogen) atoms. The number of nitrogens with zero attached hydrogens (tertiary/aromatic N) is 1. The van der Waals surface area contributed by atoms with Gasteiger partial charge in [0.2, 0.25) is 5.91 Å². The number of carbonyl (C=O) groups is 1. The Labute approximate surface area is 97.8 Å². The molecule has 2 rings (SSSR count). The smallest absolute Gasteiger partial charge is 0.220 e. The molecule has 2 atom stereocenters. The fourth-order valence-electron chi connectivity index (χ4n) is 2.72. The van der Waals surface area contributed by atoms with Gasteiger partial charge in [-0.2, -0.15) is 0 Å². The Balaban J connectivity index is 1.69. The summed E-state index contributed by atoms with van der Waals surface area (Å²) in [5.74, 6) is 0.801. The van der Waals surface area contributed by atoms with Crippen LogP contribution in [0.3, 0.4) is 0 Å². The third-order valence-corrected chi connectivity index (χ3v) is 3.63. The molecular formula is C12H23N3O. The summed E-state index contributed by atoms with van der Waals surface area (Å²) in [5.41, 5.74) is 0. The van der Waals surface area contributed by atoms with E-state index in [0.29, 0.717) is 18.4 Å². The number of likely N-dealkylation sites (tertiary alicyclic amines) is 1. The summed E-state index contributed by atoms with van der Waals surface area (Å²) >= 11 is 0. The van der Waals surface area contributed by atoms with E-state index in [1.165, 1.54) is 13.0 Å².